The quantitative estimate of drug-likeness (QED) is 0.899. The Bertz CT molecular complexity index is 654. The fourth-order valence-electron chi connectivity index (χ4n) is 2.16. The highest BCUT2D eigenvalue weighted by molar-refractivity contribution is 7.89. The van der Waals surface area contributed by atoms with Crippen LogP contribution in [0.2, 0.25) is 5.02 Å². The van der Waals surface area contributed by atoms with Gasteiger partial charge in [0.1, 0.15) is 4.90 Å². The molecule has 1 aromatic carbocycles. The van der Waals surface area contributed by atoms with Gasteiger partial charge in [-0.3, -0.25) is 0 Å². The van der Waals surface area contributed by atoms with Crippen molar-refractivity contribution in [1.82, 2.24) is 4.31 Å². The van der Waals surface area contributed by atoms with Gasteiger partial charge in [-0.15, -0.1) is 0 Å². The average molecular weight is 315 g/mol. The highest BCUT2D eigenvalue weighted by atomic mass is 35.5. The van der Waals surface area contributed by atoms with Crippen molar-refractivity contribution in [2.45, 2.75) is 24.3 Å². The average Bonchev–Trinajstić information content (AvgIpc) is 2.41. The molecule has 1 aromatic rings. The lowest BCUT2D eigenvalue weighted by Crippen LogP contribution is -2.45. The van der Waals surface area contributed by atoms with Gasteiger partial charge < -0.3 is 5.11 Å². The van der Waals surface area contributed by atoms with E-state index < -0.39 is 16.1 Å². The van der Waals surface area contributed by atoms with Crippen LogP contribution in [0.15, 0.2) is 23.1 Å². The first-order chi connectivity index (χ1) is 9.36. The molecule has 1 N–H and O–H groups in total. The zero-order valence-electron chi connectivity index (χ0n) is 11.0. The van der Waals surface area contributed by atoms with Gasteiger partial charge in [-0.1, -0.05) is 18.5 Å². The van der Waals surface area contributed by atoms with Gasteiger partial charge in [0.15, 0.2) is 0 Å². The van der Waals surface area contributed by atoms with Gasteiger partial charge in [0, 0.05) is 13.1 Å². The summed E-state index contributed by atoms with van der Waals surface area (Å²) in [5.74, 6) is 0.0814. The molecule has 0 amide bonds. The van der Waals surface area contributed by atoms with E-state index in [2.05, 4.69) is 0 Å². The van der Waals surface area contributed by atoms with Crippen molar-refractivity contribution in [3.63, 3.8) is 0 Å². The van der Waals surface area contributed by atoms with Crippen molar-refractivity contribution in [2.24, 2.45) is 5.92 Å². The monoisotopic (exact) mass is 314 g/mol. The number of piperidine rings is 1. The third-order valence-electron chi connectivity index (χ3n) is 3.56. The smallest absolute Gasteiger partial charge is 0.244 e. The van der Waals surface area contributed by atoms with Crippen molar-refractivity contribution in [3.8, 4) is 6.07 Å². The van der Waals surface area contributed by atoms with Gasteiger partial charge in [-0.2, -0.15) is 9.57 Å². The number of benzene rings is 1. The molecule has 108 valence electrons. The SMILES string of the molecule is C[C@@H]1CCN(S(=O)(=O)c2ccc(C#N)cc2Cl)C[C@H]1O. The number of hydrogen-bond acceptors (Lipinski definition) is 4. The second-order valence-corrected chi connectivity index (χ2v) is 7.27. The molecule has 7 heteroatoms. The number of β-amino-alcohol motifs (C(OH)–C–C–N with tert-alkyl or cyclic N) is 1. The van der Waals surface area contributed by atoms with Crippen molar-refractivity contribution in [3.05, 3.63) is 28.8 Å². The summed E-state index contributed by atoms with van der Waals surface area (Å²) in [6, 6.07) is 5.99. The first-order valence-electron chi connectivity index (χ1n) is 6.24. The maximum absolute atomic E-state index is 12.5. The third kappa shape index (κ3) is 2.81. The van der Waals surface area contributed by atoms with E-state index in [1.54, 1.807) is 0 Å². The number of aliphatic hydroxyl groups is 1. The van der Waals surface area contributed by atoms with Crippen LogP contribution >= 0.6 is 11.6 Å². The van der Waals surface area contributed by atoms with E-state index in [0.717, 1.165) is 0 Å². The van der Waals surface area contributed by atoms with E-state index in [4.69, 9.17) is 16.9 Å². The van der Waals surface area contributed by atoms with Crippen LogP contribution in [-0.2, 0) is 10.0 Å². The van der Waals surface area contributed by atoms with Gasteiger partial charge in [-0.25, -0.2) is 8.42 Å². The molecule has 5 nitrogen and oxygen atoms in total. The number of nitrogens with zero attached hydrogens (tertiary/aromatic N) is 2. The number of hydrogen-bond donors (Lipinski definition) is 1. The molecule has 0 aliphatic carbocycles. The van der Waals surface area contributed by atoms with E-state index in [9.17, 15) is 13.5 Å². The topological polar surface area (TPSA) is 81.4 Å². The molecule has 20 heavy (non-hydrogen) atoms. The Balaban J connectivity index is 2.34. The molecule has 0 radical (unpaired) electrons. The van der Waals surface area contributed by atoms with Gasteiger partial charge >= 0.3 is 0 Å². The predicted molar refractivity (Wildman–Crippen MR) is 74.7 cm³/mol. The summed E-state index contributed by atoms with van der Waals surface area (Å²) in [4.78, 5) is -0.0279. The van der Waals surface area contributed by atoms with Gasteiger partial charge in [-0.05, 0) is 30.5 Å². The number of halogens is 1. The lowest BCUT2D eigenvalue weighted by molar-refractivity contribution is 0.0605. The molecule has 1 saturated heterocycles. The minimum Gasteiger partial charge on any atom is -0.391 e. The van der Waals surface area contributed by atoms with Crippen LogP contribution in [0.1, 0.15) is 18.9 Å². The van der Waals surface area contributed by atoms with Crippen LogP contribution in [0.5, 0.6) is 0 Å². The van der Waals surface area contributed by atoms with Crippen molar-refractivity contribution in [2.75, 3.05) is 13.1 Å². The lowest BCUT2D eigenvalue weighted by Gasteiger charge is -2.33. The van der Waals surface area contributed by atoms with Crippen LogP contribution in [0, 0.1) is 17.2 Å². The summed E-state index contributed by atoms with van der Waals surface area (Å²) < 4.78 is 26.3. The van der Waals surface area contributed by atoms with Crippen LogP contribution in [0.4, 0.5) is 0 Å². The molecule has 0 unspecified atom stereocenters. The first kappa shape index (κ1) is 15.3. The van der Waals surface area contributed by atoms with Crippen molar-refractivity contribution in [1.29, 1.82) is 5.26 Å². The highest BCUT2D eigenvalue weighted by Crippen LogP contribution is 2.28. The fourth-order valence-corrected chi connectivity index (χ4v) is 4.15. The molecule has 0 saturated carbocycles. The molecule has 1 aliphatic heterocycles. The maximum atomic E-state index is 12.5. The van der Waals surface area contributed by atoms with E-state index in [-0.39, 0.29) is 22.4 Å². The zero-order valence-corrected chi connectivity index (χ0v) is 12.5. The molecular weight excluding hydrogens is 300 g/mol. The Morgan fingerprint density at radius 1 is 1.50 bits per heavy atom. The summed E-state index contributed by atoms with van der Waals surface area (Å²) in [6.45, 7) is 2.32. The first-order valence-corrected chi connectivity index (χ1v) is 8.06. The van der Waals surface area contributed by atoms with Gasteiger partial charge in [0.2, 0.25) is 10.0 Å². The predicted octanol–water partition coefficient (Wildman–Crippen LogP) is 1.60. The van der Waals surface area contributed by atoms with Gasteiger partial charge in [0.05, 0.1) is 22.8 Å². The minimum atomic E-state index is -3.74. The Morgan fingerprint density at radius 2 is 2.20 bits per heavy atom. The standard InChI is InChI=1S/C13H15ClN2O3S/c1-9-4-5-16(8-12(9)17)20(18,19)13-3-2-10(7-15)6-11(13)14/h2-3,6,9,12,17H,4-5,8H2,1H3/t9-,12-/m1/s1. The molecule has 0 spiro atoms. The summed E-state index contributed by atoms with van der Waals surface area (Å²) in [5.41, 5.74) is 0.307. The highest BCUT2D eigenvalue weighted by Gasteiger charge is 2.33. The van der Waals surface area contributed by atoms with Crippen LogP contribution in [0.25, 0.3) is 0 Å². The minimum absolute atomic E-state index is 0.0251. The van der Waals surface area contributed by atoms with Gasteiger partial charge in [0.25, 0.3) is 0 Å². The summed E-state index contributed by atoms with van der Waals surface area (Å²) in [7, 11) is -3.74. The number of sulfonamides is 1. The van der Waals surface area contributed by atoms with E-state index in [1.807, 2.05) is 13.0 Å². The summed E-state index contributed by atoms with van der Waals surface area (Å²) >= 11 is 5.96. The third-order valence-corrected chi connectivity index (χ3v) is 5.91. The van der Waals surface area contributed by atoms with E-state index >= 15 is 0 Å². The fraction of sp³-hybridized carbons (Fsp3) is 0.462. The molecule has 1 fully saturated rings. The molecule has 2 atom stereocenters. The summed E-state index contributed by atoms with van der Waals surface area (Å²) in [6.07, 6.45) is -0.0652. The van der Waals surface area contributed by atoms with E-state index in [0.29, 0.717) is 18.5 Å². The Hall–Kier alpha value is -1.13. The number of aliphatic hydroxyl groups excluding tert-OH is 1. The molecule has 1 heterocycles. The van der Waals surface area contributed by atoms with Crippen LogP contribution < -0.4 is 0 Å². The van der Waals surface area contributed by atoms with Crippen molar-refractivity contribution < 1.29 is 13.5 Å². The second-order valence-electron chi connectivity index (χ2n) is 4.95. The normalized spacial score (nSPS) is 24.3. The molecule has 0 aromatic heterocycles. The second kappa shape index (κ2) is 5.70. The van der Waals surface area contributed by atoms with Crippen LogP contribution in [0.3, 0.4) is 0 Å². The number of rotatable bonds is 2. The van der Waals surface area contributed by atoms with Crippen molar-refractivity contribution >= 4 is 21.6 Å². The Kier molecular flexibility index (Phi) is 4.35. The summed E-state index contributed by atoms with van der Waals surface area (Å²) in [5, 5.41) is 18.6. The zero-order chi connectivity index (χ0) is 14.9. The molecule has 2 rings (SSSR count). The maximum Gasteiger partial charge on any atom is 0.244 e. The molecule has 1 aliphatic rings. The largest absolute Gasteiger partial charge is 0.391 e. The molecular formula is C13H15ClN2O3S. The molecule has 0 bridgehead atoms. The van der Waals surface area contributed by atoms with Crippen LogP contribution in [-0.4, -0.2) is 37.0 Å². The Morgan fingerprint density at radius 3 is 2.75 bits per heavy atom. The number of nitriles is 1. The lowest BCUT2D eigenvalue weighted by atomic mass is 9.98. The van der Waals surface area contributed by atoms with E-state index in [1.165, 1.54) is 22.5 Å². The Labute approximate surface area is 123 Å².